The third kappa shape index (κ3) is 5.76. The fourth-order valence-electron chi connectivity index (χ4n) is 4.29. The molecule has 1 N–H and O–H groups in total. The Balaban J connectivity index is 0.000000360. The van der Waals surface area contributed by atoms with Crippen molar-refractivity contribution in [2.45, 2.75) is 56.4 Å². The molecule has 176 valence electrons. The number of carbonyl (C=O) groups is 3. The molecular formula is C21H26F3N3O5. The monoisotopic (exact) mass is 457 g/mol. The normalized spacial score (nSPS) is 22.4. The van der Waals surface area contributed by atoms with Crippen LogP contribution in [0.15, 0.2) is 24.5 Å². The van der Waals surface area contributed by atoms with Crippen molar-refractivity contribution in [2.75, 3.05) is 26.2 Å². The van der Waals surface area contributed by atoms with Gasteiger partial charge in [-0.25, -0.2) is 4.79 Å². The van der Waals surface area contributed by atoms with Crippen LogP contribution in [0.4, 0.5) is 13.2 Å². The molecule has 1 unspecified atom stereocenters. The largest absolute Gasteiger partial charge is 0.490 e. The molecule has 1 aromatic heterocycles. The number of halogens is 3. The highest BCUT2D eigenvalue weighted by molar-refractivity contribution is 5.94. The zero-order valence-corrected chi connectivity index (χ0v) is 17.5. The van der Waals surface area contributed by atoms with Gasteiger partial charge < -0.3 is 19.6 Å². The van der Waals surface area contributed by atoms with E-state index in [1.807, 2.05) is 9.80 Å². The third-order valence-corrected chi connectivity index (χ3v) is 6.08. The summed E-state index contributed by atoms with van der Waals surface area (Å²) in [4.78, 5) is 41.8. The van der Waals surface area contributed by atoms with Gasteiger partial charge in [0.2, 0.25) is 0 Å². The number of aliphatic carboxylic acids is 1. The Morgan fingerprint density at radius 3 is 2.09 bits per heavy atom. The molecule has 4 heterocycles. The molecule has 0 radical (unpaired) electrons. The first kappa shape index (κ1) is 24.0. The number of alkyl halides is 3. The molecule has 0 saturated carbocycles. The molecule has 8 nitrogen and oxygen atoms in total. The minimum atomic E-state index is -5.08. The van der Waals surface area contributed by atoms with Crippen molar-refractivity contribution >= 4 is 17.8 Å². The highest BCUT2D eigenvalue weighted by Crippen LogP contribution is 2.39. The van der Waals surface area contributed by atoms with E-state index >= 15 is 0 Å². The minimum Gasteiger partial charge on any atom is -0.475 e. The molecule has 4 rings (SSSR count). The van der Waals surface area contributed by atoms with Crippen LogP contribution in [0.1, 0.15) is 48.9 Å². The summed E-state index contributed by atoms with van der Waals surface area (Å²) in [6.45, 7) is 3.12. The van der Waals surface area contributed by atoms with Crippen LogP contribution in [0.25, 0.3) is 0 Å². The second-order valence-electron chi connectivity index (χ2n) is 8.19. The fraction of sp³-hybridized carbons (Fsp3) is 0.619. The van der Waals surface area contributed by atoms with E-state index < -0.39 is 12.1 Å². The molecule has 3 aliphatic rings. The van der Waals surface area contributed by atoms with Crippen LogP contribution < -0.4 is 0 Å². The van der Waals surface area contributed by atoms with Crippen molar-refractivity contribution in [2.24, 2.45) is 0 Å². The highest BCUT2D eigenvalue weighted by atomic mass is 19.4. The van der Waals surface area contributed by atoms with Crippen molar-refractivity contribution < 1.29 is 37.4 Å². The maximum atomic E-state index is 12.6. The topological polar surface area (TPSA) is 100 Å². The number of pyridine rings is 1. The van der Waals surface area contributed by atoms with E-state index in [4.69, 9.17) is 14.6 Å². The van der Waals surface area contributed by atoms with Crippen LogP contribution in [-0.2, 0) is 14.3 Å². The number of hydrogen-bond acceptors (Lipinski definition) is 5. The van der Waals surface area contributed by atoms with E-state index in [0.29, 0.717) is 18.7 Å². The van der Waals surface area contributed by atoms with Gasteiger partial charge in [-0.15, -0.1) is 0 Å². The van der Waals surface area contributed by atoms with Crippen molar-refractivity contribution in [1.82, 2.24) is 14.8 Å². The quantitative estimate of drug-likeness (QED) is 0.733. The lowest BCUT2D eigenvalue weighted by Gasteiger charge is -2.39. The maximum absolute atomic E-state index is 12.6. The molecule has 1 aromatic rings. The van der Waals surface area contributed by atoms with Crippen molar-refractivity contribution in [3.8, 4) is 0 Å². The molecule has 1 atom stereocenters. The van der Waals surface area contributed by atoms with Gasteiger partial charge in [0.25, 0.3) is 11.8 Å². The van der Waals surface area contributed by atoms with Crippen molar-refractivity contribution in [1.29, 1.82) is 0 Å². The SMILES string of the molecule is O=C(O)C(F)(F)F.O=C(c1ccncc1)N1CCC2(CCC(C(=O)N3CCCC3)O2)CC1. The number of aromatic nitrogens is 1. The van der Waals surface area contributed by atoms with Gasteiger partial charge in [0.15, 0.2) is 0 Å². The van der Waals surface area contributed by atoms with Gasteiger partial charge in [0.05, 0.1) is 5.60 Å². The van der Waals surface area contributed by atoms with Gasteiger partial charge in [-0.1, -0.05) is 0 Å². The first-order valence-electron chi connectivity index (χ1n) is 10.6. The molecule has 3 saturated heterocycles. The van der Waals surface area contributed by atoms with E-state index in [0.717, 1.165) is 51.6 Å². The van der Waals surface area contributed by atoms with Gasteiger partial charge in [-0.05, 0) is 50.7 Å². The fourth-order valence-corrected chi connectivity index (χ4v) is 4.29. The van der Waals surface area contributed by atoms with Gasteiger partial charge >= 0.3 is 12.1 Å². The Morgan fingerprint density at radius 2 is 1.56 bits per heavy atom. The first-order chi connectivity index (χ1) is 15.1. The maximum Gasteiger partial charge on any atom is 0.490 e. The second kappa shape index (κ2) is 9.85. The molecule has 3 fully saturated rings. The number of rotatable bonds is 2. The van der Waals surface area contributed by atoms with Gasteiger partial charge in [-0.2, -0.15) is 13.2 Å². The lowest BCUT2D eigenvalue weighted by molar-refractivity contribution is -0.192. The lowest BCUT2D eigenvalue weighted by Crippen LogP contribution is -2.47. The molecule has 11 heteroatoms. The Kier molecular flexibility index (Phi) is 7.37. The predicted octanol–water partition coefficient (Wildman–Crippen LogP) is 2.49. The molecule has 1 spiro atoms. The van der Waals surface area contributed by atoms with E-state index in [9.17, 15) is 22.8 Å². The Labute approximate surface area is 183 Å². The summed E-state index contributed by atoms with van der Waals surface area (Å²) < 4.78 is 38.0. The Bertz CT molecular complexity index is 820. The van der Waals surface area contributed by atoms with Gasteiger partial charge in [0.1, 0.15) is 6.10 Å². The molecule has 3 aliphatic heterocycles. The minimum absolute atomic E-state index is 0.0555. The summed E-state index contributed by atoms with van der Waals surface area (Å²) >= 11 is 0. The van der Waals surface area contributed by atoms with Crippen LogP contribution in [0.2, 0.25) is 0 Å². The van der Waals surface area contributed by atoms with Crippen LogP contribution in [0.5, 0.6) is 0 Å². The number of carboxylic acids is 1. The van der Waals surface area contributed by atoms with E-state index in [1.165, 1.54) is 0 Å². The number of amides is 2. The molecule has 0 aliphatic carbocycles. The zero-order valence-electron chi connectivity index (χ0n) is 17.5. The van der Waals surface area contributed by atoms with Crippen molar-refractivity contribution in [3.05, 3.63) is 30.1 Å². The Morgan fingerprint density at radius 1 is 1.00 bits per heavy atom. The van der Waals surface area contributed by atoms with Crippen LogP contribution in [0.3, 0.4) is 0 Å². The number of carbonyl (C=O) groups excluding carboxylic acids is 2. The van der Waals surface area contributed by atoms with Crippen molar-refractivity contribution in [3.63, 3.8) is 0 Å². The summed E-state index contributed by atoms with van der Waals surface area (Å²) in [5, 5.41) is 7.12. The average molecular weight is 457 g/mol. The second-order valence-corrected chi connectivity index (χ2v) is 8.19. The number of hydrogen-bond donors (Lipinski definition) is 1. The summed E-state index contributed by atoms with van der Waals surface area (Å²) in [6, 6.07) is 3.51. The van der Waals surface area contributed by atoms with Crippen LogP contribution in [-0.4, -0.2) is 81.7 Å². The molecular weight excluding hydrogens is 431 g/mol. The molecule has 32 heavy (non-hydrogen) atoms. The Hall–Kier alpha value is -2.69. The van der Waals surface area contributed by atoms with Gasteiger partial charge in [0, 0.05) is 44.1 Å². The van der Waals surface area contributed by atoms with Gasteiger partial charge in [-0.3, -0.25) is 14.6 Å². The van der Waals surface area contributed by atoms with Crippen LogP contribution in [0, 0.1) is 0 Å². The summed E-state index contributed by atoms with van der Waals surface area (Å²) in [5.41, 5.74) is 0.468. The summed E-state index contributed by atoms with van der Waals surface area (Å²) in [7, 11) is 0. The summed E-state index contributed by atoms with van der Waals surface area (Å²) in [6.07, 6.45) is 3.51. The predicted molar refractivity (Wildman–Crippen MR) is 106 cm³/mol. The number of nitrogens with zero attached hydrogens (tertiary/aromatic N) is 3. The summed E-state index contributed by atoms with van der Waals surface area (Å²) in [5.74, 6) is -2.53. The number of carboxylic acid groups (broad SMARTS) is 1. The van der Waals surface area contributed by atoms with E-state index in [-0.39, 0.29) is 23.5 Å². The number of piperidine rings is 1. The average Bonchev–Trinajstić information content (AvgIpc) is 3.45. The standard InChI is InChI=1S/C19H25N3O3.C2HF3O2/c23-17(15-4-9-20-10-5-15)22-13-7-19(8-14-22)6-3-16(25-19)18(24)21-11-1-2-12-21;3-2(4,5)1(6)7/h4-5,9-10,16H,1-3,6-8,11-14H2;(H,6,7). The van der Waals surface area contributed by atoms with E-state index in [1.54, 1.807) is 24.5 Å². The number of ether oxygens (including phenoxy) is 1. The highest BCUT2D eigenvalue weighted by Gasteiger charge is 2.46. The first-order valence-corrected chi connectivity index (χ1v) is 10.6. The molecule has 0 aromatic carbocycles. The smallest absolute Gasteiger partial charge is 0.475 e. The number of likely N-dealkylation sites (tertiary alicyclic amines) is 2. The van der Waals surface area contributed by atoms with Crippen LogP contribution >= 0.6 is 0 Å². The lowest BCUT2D eigenvalue weighted by atomic mass is 9.88. The molecule has 2 amide bonds. The van der Waals surface area contributed by atoms with E-state index in [2.05, 4.69) is 4.98 Å². The molecule has 0 bridgehead atoms. The zero-order chi connectivity index (χ0) is 23.4. The third-order valence-electron chi connectivity index (χ3n) is 6.08.